The minimum atomic E-state index is 0.283. The number of rotatable bonds is 4. The van der Waals surface area contributed by atoms with Crippen molar-refractivity contribution in [2.24, 2.45) is 4.99 Å². The molecule has 0 amide bonds. The van der Waals surface area contributed by atoms with Crippen LogP contribution in [0, 0.1) is 6.92 Å². The van der Waals surface area contributed by atoms with Crippen molar-refractivity contribution in [3.63, 3.8) is 0 Å². The number of aliphatic imine (C=N–C) groups is 1. The van der Waals surface area contributed by atoms with Crippen molar-refractivity contribution >= 4 is 5.96 Å². The topological polar surface area (TPSA) is 109 Å². The lowest BCUT2D eigenvalue weighted by Gasteiger charge is -2.25. The fraction of sp³-hybridized carbons (Fsp3) is 0.389. The molecule has 0 bridgehead atoms. The number of hydrogen-bond acceptors (Lipinski definition) is 5. The first-order chi connectivity index (χ1) is 13.2. The van der Waals surface area contributed by atoms with E-state index in [1.54, 1.807) is 7.05 Å². The van der Waals surface area contributed by atoms with Crippen LogP contribution in [0.5, 0.6) is 0 Å². The lowest BCUT2D eigenvalue weighted by atomic mass is 10.1. The van der Waals surface area contributed by atoms with Gasteiger partial charge in [-0.3, -0.25) is 10.1 Å². The highest BCUT2D eigenvalue weighted by atomic mass is 15.4. The molecule has 140 valence electrons. The second-order valence-corrected chi connectivity index (χ2v) is 6.60. The predicted molar refractivity (Wildman–Crippen MR) is 102 cm³/mol. The van der Waals surface area contributed by atoms with Crippen molar-refractivity contribution in [2.75, 3.05) is 7.05 Å². The van der Waals surface area contributed by atoms with Crippen LogP contribution in [-0.2, 0) is 19.5 Å². The van der Waals surface area contributed by atoms with E-state index in [4.69, 9.17) is 0 Å². The number of aryl methyl sites for hydroxylation is 2. The molecule has 3 aromatic rings. The largest absolute Gasteiger partial charge is 0.352 e. The highest BCUT2D eigenvalue weighted by Crippen LogP contribution is 2.15. The summed E-state index contributed by atoms with van der Waals surface area (Å²) in [7, 11) is 1.79. The molecule has 0 saturated heterocycles. The van der Waals surface area contributed by atoms with Gasteiger partial charge in [0.25, 0.3) is 0 Å². The first kappa shape index (κ1) is 17.2. The molecular formula is C18H23N9. The normalized spacial score (nSPS) is 16.8. The van der Waals surface area contributed by atoms with Crippen LogP contribution in [0.15, 0.2) is 35.6 Å². The third kappa shape index (κ3) is 3.97. The molecule has 0 saturated carbocycles. The zero-order valence-corrected chi connectivity index (χ0v) is 15.5. The van der Waals surface area contributed by atoms with E-state index in [1.165, 1.54) is 6.33 Å². The van der Waals surface area contributed by atoms with Crippen molar-refractivity contribution < 1.29 is 0 Å². The van der Waals surface area contributed by atoms with Crippen LogP contribution in [0.4, 0.5) is 0 Å². The van der Waals surface area contributed by atoms with E-state index in [2.05, 4.69) is 53.0 Å². The molecule has 3 N–H and O–H groups in total. The Labute approximate surface area is 157 Å². The number of fused-ring (bicyclic) bond motifs is 1. The van der Waals surface area contributed by atoms with Gasteiger partial charge in [-0.25, -0.2) is 14.6 Å². The summed E-state index contributed by atoms with van der Waals surface area (Å²) in [6.45, 7) is 3.40. The molecule has 9 nitrogen and oxygen atoms in total. The van der Waals surface area contributed by atoms with Gasteiger partial charge in [0.2, 0.25) is 0 Å². The van der Waals surface area contributed by atoms with Gasteiger partial charge < -0.3 is 10.6 Å². The fourth-order valence-electron chi connectivity index (χ4n) is 3.30. The molecule has 1 atom stereocenters. The van der Waals surface area contributed by atoms with Crippen molar-refractivity contribution in [3.8, 4) is 11.4 Å². The molecule has 1 aromatic carbocycles. The SMILES string of the molecule is CN=C(NCc1cccc(-c2ncn[nH]2)c1)NC1CCc2nc(C)nn2C1. The molecule has 27 heavy (non-hydrogen) atoms. The fourth-order valence-corrected chi connectivity index (χ4v) is 3.30. The quantitative estimate of drug-likeness (QED) is 0.471. The summed E-state index contributed by atoms with van der Waals surface area (Å²) < 4.78 is 1.99. The minimum absolute atomic E-state index is 0.283. The number of guanidine groups is 1. The van der Waals surface area contributed by atoms with Gasteiger partial charge in [0.15, 0.2) is 11.8 Å². The number of hydrogen-bond donors (Lipinski definition) is 3. The number of nitrogens with one attached hydrogen (secondary N) is 3. The van der Waals surface area contributed by atoms with Gasteiger partial charge in [-0.2, -0.15) is 10.2 Å². The van der Waals surface area contributed by atoms with E-state index >= 15 is 0 Å². The zero-order valence-electron chi connectivity index (χ0n) is 15.5. The van der Waals surface area contributed by atoms with E-state index < -0.39 is 0 Å². The first-order valence-corrected chi connectivity index (χ1v) is 9.03. The first-order valence-electron chi connectivity index (χ1n) is 9.03. The van der Waals surface area contributed by atoms with Crippen LogP contribution in [-0.4, -0.2) is 49.0 Å². The number of nitrogens with zero attached hydrogens (tertiary/aromatic N) is 6. The lowest BCUT2D eigenvalue weighted by molar-refractivity contribution is 0.392. The third-order valence-corrected chi connectivity index (χ3v) is 4.60. The van der Waals surface area contributed by atoms with Crippen molar-refractivity contribution in [2.45, 2.75) is 38.9 Å². The second-order valence-electron chi connectivity index (χ2n) is 6.60. The molecule has 0 radical (unpaired) electrons. The molecule has 4 rings (SSSR count). The van der Waals surface area contributed by atoms with E-state index in [-0.39, 0.29) is 6.04 Å². The number of aromatic nitrogens is 6. The number of benzene rings is 1. The van der Waals surface area contributed by atoms with Crippen LogP contribution in [0.1, 0.15) is 23.6 Å². The molecule has 1 aliphatic heterocycles. The smallest absolute Gasteiger partial charge is 0.191 e. The molecule has 1 aliphatic rings. The van der Waals surface area contributed by atoms with Gasteiger partial charge in [0.05, 0.1) is 6.54 Å². The summed E-state index contributed by atoms with van der Waals surface area (Å²) in [6, 6.07) is 8.47. The van der Waals surface area contributed by atoms with Crippen LogP contribution in [0.2, 0.25) is 0 Å². The molecule has 0 fully saturated rings. The van der Waals surface area contributed by atoms with Crippen LogP contribution >= 0.6 is 0 Å². The Kier molecular flexibility index (Phi) is 4.82. The Bertz CT molecular complexity index is 926. The van der Waals surface area contributed by atoms with Gasteiger partial charge in [-0.1, -0.05) is 18.2 Å². The average Bonchev–Trinajstić information content (AvgIpc) is 3.34. The molecule has 2 aromatic heterocycles. The van der Waals surface area contributed by atoms with Gasteiger partial charge in [-0.15, -0.1) is 0 Å². The van der Waals surface area contributed by atoms with Gasteiger partial charge in [0, 0.05) is 31.6 Å². The summed E-state index contributed by atoms with van der Waals surface area (Å²) in [5.74, 6) is 3.45. The Morgan fingerprint density at radius 1 is 1.41 bits per heavy atom. The van der Waals surface area contributed by atoms with Gasteiger partial charge >= 0.3 is 0 Å². The maximum atomic E-state index is 4.46. The van der Waals surface area contributed by atoms with Crippen LogP contribution in [0.3, 0.4) is 0 Å². The van der Waals surface area contributed by atoms with Crippen LogP contribution in [0.25, 0.3) is 11.4 Å². The molecular weight excluding hydrogens is 342 g/mol. The second kappa shape index (κ2) is 7.56. The average molecular weight is 365 g/mol. The Hall–Kier alpha value is -3.23. The van der Waals surface area contributed by atoms with E-state index in [0.29, 0.717) is 6.54 Å². The number of aromatic amines is 1. The van der Waals surface area contributed by atoms with Crippen molar-refractivity contribution in [3.05, 3.63) is 47.8 Å². The minimum Gasteiger partial charge on any atom is -0.352 e. The molecule has 0 aliphatic carbocycles. The zero-order chi connectivity index (χ0) is 18.6. The third-order valence-electron chi connectivity index (χ3n) is 4.60. The lowest BCUT2D eigenvalue weighted by Crippen LogP contribution is -2.46. The van der Waals surface area contributed by atoms with Gasteiger partial charge in [-0.05, 0) is 25.0 Å². The van der Waals surface area contributed by atoms with E-state index in [1.807, 2.05) is 23.7 Å². The molecule has 9 heteroatoms. The maximum absolute atomic E-state index is 4.46. The Morgan fingerprint density at radius 3 is 3.15 bits per heavy atom. The highest BCUT2D eigenvalue weighted by Gasteiger charge is 2.21. The van der Waals surface area contributed by atoms with Crippen molar-refractivity contribution in [1.82, 2.24) is 40.6 Å². The summed E-state index contributed by atoms with van der Waals surface area (Å²) in [5.41, 5.74) is 2.15. The Morgan fingerprint density at radius 2 is 2.33 bits per heavy atom. The summed E-state index contributed by atoms with van der Waals surface area (Å²) in [4.78, 5) is 13.0. The van der Waals surface area contributed by atoms with E-state index in [9.17, 15) is 0 Å². The molecule has 0 spiro atoms. The summed E-state index contributed by atoms with van der Waals surface area (Å²) in [6.07, 6.45) is 3.45. The van der Waals surface area contributed by atoms with Crippen molar-refractivity contribution in [1.29, 1.82) is 0 Å². The summed E-state index contributed by atoms with van der Waals surface area (Å²) >= 11 is 0. The van der Waals surface area contributed by atoms with E-state index in [0.717, 1.165) is 53.9 Å². The van der Waals surface area contributed by atoms with Gasteiger partial charge in [0.1, 0.15) is 18.0 Å². The Balaban J connectivity index is 1.36. The maximum Gasteiger partial charge on any atom is 0.191 e. The molecule has 1 unspecified atom stereocenters. The monoisotopic (exact) mass is 365 g/mol. The molecule has 3 heterocycles. The summed E-state index contributed by atoms with van der Waals surface area (Å²) in [5, 5.41) is 18.1. The standard InChI is InChI=1S/C18H23N9/c1-12-23-16-7-6-15(10-27(16)26-12)24-18(19-2)20-9-13-4-3-5-14(8-13)17-21-11-22-25-17/h3-5,8,11,15H,6-7,9-10H2,1-2H3,(H2,19,20,24)(H,21,22,25). The van der Waals surface area contributed by atoms with Crippen LogP contribution < -0.4 is 10.6 Å². The predicted octanol–water partition coefficient (Wildman–Crippen LogP) is 1.05. The highest BCUT2D eigenvalue weighted by molar-refractivity contribution is 5.80. The number of H-pyrrole nitrogens is 1.